The molecule has 0 radical (unpaired) electrons. The Morgan fingerprint density at radius 2 is 1.91 bits per heavy atom. The van der Waals surface area contributed by atoms with Crippen molar-refractivity contribution < 1.29 is 4.79 Å². The molecule has 1 aliphatic carbocycles. The molecule has 2 N–H and O–H groups in total. The summed E-state index contributed by atoms with van der Waals surface area (Å²) in [6.07, 6.45) is 6.40. The standard InChI is InChI=1S/C27H30N6O/c1-31-23-12-11-20(27(34)32-13-5-8-21(28)17-32)14-22(23)30-26(31)24-15-29-25(19-6-3-2-4-7-19)33(24)16-18-9-10-18/h2-4,6-7,11-12,14-15,18,21H,5,8-10,13,16-17,28H2,1H3/t21-/m1/s1. The molecular formula is C27H30N6O. The van der Waals surface area contributed by atoms with Gasteiger partial charge in [-0.25, -0.2) is 9.97 Å². The Bertz CT molecular complexity index is 1350. The minimum atomic E-state index is 0.0365. The number of rotatable bonds is 5. The molecule has 0 unspecified atom stereocenters. The zero-order valence-corrected chi connectivity index (χ0v) is 19.5. The molecule has 1 amide bonds. The molecular weight excluding hydrogens is 424 g/mol. The van der Waals surface area contributed by atoms with E-state index in [1.807, 2.05) is 54.5 Å². The van der Waals surface area contributed by atoms with Gasteiger partial charge in [0.15, 0.2) is 5.82 Å². The van der Waals surface area contributed by atoms with Crippen LogP contribution in [-0.2, 0) is 13.6 Å². The van der Waals surface area contributed by atoms with Gasteiger partial charge in [0.25, 0.3) is 5.91 Å². The monoisotopic (exact) mass is 454 g/mol. The van der Waals surface area contributed by atoms with Gasteiger partial charge in [-0.3, -0.25) is 4.79 Å². The first-order valence-corrected chi connectivity index (χ1v) is 12.2. The van der Waals surface area contributed by atoms with Crippen molar-refractivity contribution in [3.63, 3.8) is 0 Å². The van der Waals surface area contributed by atoms with Crippen LogP contribution in [0.3, 0.4) is 0 Å². The van der Waals surface area contributed by atoms with Crippen molar-refractivity contribution in [1.82, 2.24) is 24.0 Å². The molecule has 34 heavy (non-hydrogen) atoms. The first kappa shape index (κ1) is 21.1. The van der Waals surface area contributed by atoms with E-state index in [1.54, 1.807) is 0 Å². The van der Waals surface area contributed by atoms with Gasteiger partial charge in [0, 0.05) is 43.9 Å². The molecule has 4 aromatic rings. The van der Waals surface area contributed by atoms with E-state index in [0.29, 0.717) is 18.0 Å². The van der Waals surface area contributed by atoms with E-state index in [-0.39, 0.29) is 11.9 Å². The lowest BCUT2D eigenvalue weighted by atomic mass is 10.1. The molecule has 6 rings (SSSR count). The Hall–Kier alpha value is -3.45. The number of carbonyl (C=O) groups excluding carboxylic acids is 1. The van der Waals surface area contributed by atoms with Crippen molar-refractivity contribution in [3.8, 4) is 22.9 Å². The molecule has 0 spiro atoms. The normalized spacial score (nSPS) is 18.5. The summed E-state index contributed by atoms with van der Waals surface area (Å²) < 4.78 is 4.42. The molecule has 2 aliphatic rings. The van der Waals surface area contributed by atoms with E-state index < -0.39 is 0 Å². The number of nitrogens with zero attached hydrogens (tertiary/aromatic N) is 5. The van der Waals surface area contributed by atoms with Crippen LogP contribution in [0.5, 0.6) is 0 Å². The highest BCUT2D eigenvalue weighted by atomic mass is 16.2. The van der Waals surface area contributed by atoms with E-state index in [0.717, 1.165) is 59.9 Å². The van der Waals surface area contributed by atoms with Gasteiger partial charge in [0.05, 0.1) is 17.2 Å². The molecule has 0 bridgehead atoms. The van der Waals surface area contributed by atoms with Gasteiger partial charge < -0.3 is 19.8 Å². The lowest BCUT2D eigenvalue weighted by Crippen LogP contribution is -2.45. The number of likely N-dealkylation sites (tertiary alicyclic amines) is 1. The van der Waals surface area contributed by atoms with Crippen molar-refractivity contribution in [2.75, 3.05) is 13.1 Å². The smallest absolute Gasteiger partial charge is 0.253 e. The van der Waals surface area contributed by atoms with Gasteiger partial charge in [0.2, 0.25) is 0 Å². The predicted molar refractivity (Wildman–Crippen MR) is 133 cm³/mol. The Kier molecular flexibility index (Phi) is 5.21. The summed E-state index contributed by atoms with van der Waals surface area (Å²) in [4.78, 5) is 24.8. The molecule has 1 saturated heterocycles. The second kappa shape index (κ2) is 8.40. The Morgan fingerprint density at radius 1 is 1.09 bits per heavy atom. The zero-order valence-electron chi connectivity index (χ0n) is 19.5. The molecule has 2 aromatic heterocycles. The van der Waals surface area contributed by atoms with Crippen molar-refractivity contribution >= 4 is 16.9 Å². The zero-order chi connectivity index (χ0) is 23.2. The van der Waals surface area contributed by atoms with Crippen LogP contribution in [0.4, 0.5) is 0 Å². The average molecular weight is 455 g/mol. The lowest BCUT2D eigenvalue weighted by Gasteiger charge is -2.30. The third kappa shape index (κ3) is 3.80. The van der Waals surface area contributed by atoms with E-state index in [2.05, 4.69) is 21.3 Å². The highest BCUT2D eigenvalue weighted by Gasteiger charge is 2.27. The van der Waals surface area contributed by atoms with Gasteiger partial charge in [-0.05, 0) is 49.8 Å². The summed E-state index contributed by atoms with van der Waals surface area (Å²) in [5, 5.41) is 0. The van der Waals surface area contributed by atoms with Gasteiger partial charge in [0.1, 0.15) is 11.5 Å². The second-order valence-corrected chi connectivity index (χ2v) is 9.74. The maximum absolute atomic E-state index is 13.1. The molecule has 2 fully saturated rings. The van der Waals surface area contributed by atoms with E-state index in [1.165, 1.54) is 12.8 Å². The summed E-state index contributed by atoms with van der Waals surface area (Å²) in [5.74, 6) is 2.58. The number of nitrogens with two attached hydrogens (primary N) is 1. The van der Waals surface area contributed by atoms with E-state index >= 15 is 0 Å². The Morgan fingerprint density at radius 3 is 2.68 bits per heavy atom. The fraction of sp³-hybridized carbons (Fsp3) is 0.370. The molecule has 2 aromatic carbocycles. The molecule has 1 saturated carbocycles. The number of hydrogen-bond donors (Lipinski definition) is 1. The van der Waals surface area contributed by atoms with Crippen LogP contribution in [0, 0.1) is 5.92 Å². The molecule has 7 heteroatoms. The van der Waals surface area contributed by atoms with Crippen LogP contribution < -0.4 is 5.73 Å². The fourth-order valence-electron chi connectivity index (χ4n) is 5.05. The minimum Gasteiger partial charge on any atom is -0.337 e. The van der Waals surface area contributed by atoms with Gasteiger partial charge >= 0.3 is 0 Å². The topological polar surface area (TPSA) is 82.0 Å². The first-order chi connectivity index (χ1) is 16.6. The van der Waals surface area contributed by atoms with Crippen molar-refractivity contribution in [3.05, 3.63) is 60.3 Å². The van der Waals surface area contributed by atoms with Crippen LogP contribution in [0.2, 0.25) is 0 Å². The molecule has 7 nitrogen and oxygen atoms in total. The SMILES string of the molecule is Cn1c(-c2cnc(-c3ccccc3)n2CC2CC2)nc2cc(C(=O)N3CCC[C@@H](N)C3)ccc21. The second-order valence-electron chi connectivity index (χ2n) is 9.74. The van der Waals surface area contributed by atoms with Gasteiger partial charge in [-0.1, -0.05) is 30.3 Å². The predicted octanol–water partition coefficient (Wildman–Crippen LogP) is 4.08. The number of piperidine rings is 1. The van der Waals surface area contributed by atoms with Crippen LogP contribution in [0.25, 0.3) is 33.9 Å². The third-order valence-corrected chi connectivity index (χ3v) is 7.13. The number of imidazole rings is 2. The third-order valence-electron chi connectivity index (χ3n) is 7.13. The van der Waals surface area contributed by atoms with Crippen molar-refractivity contribution in [1.29, 1.82) is 0 Å². The van der Waals surface area contributed by atoms with Crippen LogP contribution in [-0.4, -0.2) is 49.0 Å². The number of benzene rings is 2. The average Bonchev–Trinajstić information content (AvgIpc) is 3.50. The summed E-state index contributed by atoms with van der Waals surface area (Å²) >= 11 is 0. The number of aryl methyl sites for hydroxylation is 1. The summed E-state index contributed by atoms with van der Waals surface area (Å²) in [7, 11) is 2.03. The first-order valence-electron chi connectivity index (χ1n) is 12.2. The largest absolute Gasteiger partial charge is 0.337 e. The number of carbonyl (C=O) groups is 1. The molecule has 1 aliphatic heterocycles. The summed E-state index contributed by atoms with van der Waals surface area (Å²) in [6.45, 7) is 2.33. The van der Waals surface area contributed by atoms with Crippen molar-refractivity contribution in [2.24, 2.45) is 18.7 Å². The number of fused-ring (bicyclic) bond motifs is 1. The number of hydrogen-bond acceptors (Lipinski definition) is 4. The highest BCUT2D eigenvalue weighted by Crippen LogP contribution is 2.35. The molecule has 1 atom stereocenters. The van der Waals surface area contributed by atoms with Crippen LogP contribution in [0.15, 0.2) is 54.7 Å². The van der Waals surface area contributed by atoms with Crippen LogP contribution >= 0.6 is 0 Å². The van der Waals surface area contributed by atoms with Gasteiger partial charge in [-0.2, -0.15) is 0 Å². The quantitative estimate of drug-likeness (QED) is 0.493. The lowest BCUT2D eigenvalue weighted by molar-refractivity contribution is 0.0709. The van der Waals surface area contributed by atoms with Crippen LogP contribution in [0.1, 0.15) is 36.0 Å². The summed E-state index contributed by atoms with van der Waals surface area (Å²) in [5.41, 5.74) is 10.7. The van der Waals surface area contributed by atoms with E-state index in [4.69, 9.17) is 15.7 Å². The highest BCUT2D eigenvalue weighted by molar-refractivity contribution is 5.98. The summed E-state index contributed by atoms with van der Waals surface area (Å²) in [6, 6.07) is 16.2. The number of amides is 1. The van der Waals surface area contributed by atoms with Crippen molar-refractivity contribution in [2.45, 2.75) is 38.3 Å². The fourth-order valence-corrected chi connectivity index (χ4v) is 5.05. The van der Waals surface area contributed by atoms with Gasteiger partial charge in [-0.15, -0.1) is 0 Å². The maximum atomic E-state index is 13.1. The minimum absolute atomic E-state index is 0.0365. The Balaban J connectivity index is 1.39. The molecule has 3 heterocycles. The van der Waals surface area contributed by atoms with E-state index in [9.17, 15) is 4.79 Å². The Labute approximate surface area is 199 Å². The molecule has 174 valence electrons. The number of aromatic nitrogens is 4. The maximum Gasteiger partial charge on any atom is 0.253 e.